The van der Waals surface area contributed by atoms with Crippen LogP contribution in [0.1, 0.15) is 12.5 Å². The molecule has 10 heteroatoms. The van der Waals surface area contributed by atoms with E-state index < -0.39 is 44.5 Å². The minimum absolute atomic E-state index is 0.154. The molecule has 23 heavy (non-hydrogen) atoms. The topological polar surface area (TPSA) is 74.7 Å². The Kier molecular flexibility index (Phi) is 4.67. The zero-order valence-corrected chi connectivity index (χ0v) is 13.4. The minimum atomic E-state index is -4.87. The number of hydrogen-bond donors (Lipinski definition) is 1. The van der Waals surface area contributed by atoms with Crippen LogP contribution in [-0.4, -0.2) is 36.9 Å². The summed E-state index contributed by atoms with van der Waals surface area (Å²) in [4.78, 5) is 10.1. The molecule has 1 aromatic rings. The summed E-state index contributed by atoms with van der Waals surface area (Å²) in [7, 11) is -4.51. The molecule has 0 aromatic heterocycles. The van der Waals surface area contributed by atoms with E-state index in [9.17, 15) is 26.4 Å². The van der Waals surface area contributed by atoms with Crippen molar-refractivity contribution in [2.45, 2.75) is 18.0 Å². The van der Waals surface area contributed by atoms with Gasteiger partial charge in [-0.2, -0.15) is 17.5 Å². The summed E-state index contributed by atoms with van der Waals surface area (Å²) in [5.41, 5.74) is -1.33. The maximum atomic E-state index is 13.1. The molecule has 0 saturated carbocycles. The Balaban J connectivity index is 2.49. The number of sulfonamides is 1. The number of nitrogens with zero attached hydrogens (tertiary/aromatic N) is 1. The summed E-state index contributed by atoms with van der Waals surface area (Å²) in [6.07, 6.45) is -4.87. The van der Waals surface area contributed by atoms with Crippen LogP contribution in [-0.2, 0) is 21.0 Å². The lowest BCUT2D eigenvalue weighted by Gasteiger charge is -2.20. The molecule has 0 radical (unpaired) electrons. The molecule has 1 aromatic carbocycles. The Labute approximate surface area is 135 Å². The van der Waals surface area contributed by atoms with Gasteiger partial charge in [0.2, 0.25) is 10.0 Å². The first-order valence-electron chi connectivity index (χ1n) is 6.54. The number of carboxylic acid groups (broad SMARTS) is 1. The molecule has 0 aliphatic carbocycles. The van der Waals surface area contributed by atoms with E-state index in [-0.39, 0.29) is 18.1 Å². The fraction of sp³-hybridized carbons (Fsp3) is 0.462. The van der Waals surface area contributed by atoms with Crippen molar-refractivity contribution in [1.82, 2.24) is 4.31 Å². The van der Waals surface area contributed by atoms with Crippen molar-refractivity contribution >= 4 is 27.6 Å². The first-order valence-corrected chi connectivity index (χ1v) is 8.36. The number of benzene rings is 1. The standard InChI is InChI=1S/C13H13ClF3NO4S/c1-7-5-18(6-9(7)12(19)20)23(21,22)11-4-8(14)2-3-10(11)13(15,16)17/h2-4,7,9H,5-6H2,1H3,(H,19,20)/t7-,9-/m1/s1. The van der Waals surface area contributed by atoms with Crippen LogP contribution in [0, 0.1) is 11.8 Å². The Morgan fingerprint density at radius 3 is 2.43 bits per heavy atom. The van der Waals surface area contributed by atoms with Gasteiger partial charge in [0, 0.05) is 18.1 Å². The lowest BCUT2D eigenvalue weighted by molar-refractivity contribution is -0.142. The van der Waals surface area contributed by atoms with E-state index in [0.29, 0.717) is 6.07 Å². The van der Waals surface area contributed by atoms with Crippen LogP contribution in [0.3, 0.4) is 0 Å². The maximum absolute atomic E-state index is 13.1. The lowest BCUT2D eigenvalue weighted by atomic mass is 9.99. The molecule has 1 N–H and O–H groups in total. The summed E-state index contributed by atoms with van der Waals surface area (Å²) in [6.45, 7) is 1.00. The van der Waals surface area contributed by atoms with Crippen LogP contribution in [0.2, 0.25) is 5.02 Å². The molecule has 128 valence electrons. The zero-order chi connectivity index (χ0) is 17.6. The molecule has 0 unspecified atom stereocenters. The van der Waals surface area contributed by atoms with E-state index in [1.165, 1.54) is 6.92 Å². The number of rotatable bonds is 3. The molecule has 0 spiro atoms. The van der Waals surface area contributed by atoms with Gasteiger partial charge in [0.15, 0.2) is 0 Å². The van der Waals surface area contributed by atoms with Crippen LogP contribution < -0.4 is 0 Å². The molecule has 1 heterocycles. The van der Waals surface area contributed by atoms with Crippen LogP contribution in [0.4, 0.5) is 13.2 Å². The second-order valence-corrected chi connectivity index (χ2v) is 7.73. The molecule has 1 aliphatic rings. The van der Waals surface area contributed by atoms with Gasteiger partial charge in [-0.15, -0.1) is 0 Å². The largest absolute Gasteiger partial charge is 0.481 e. The summed E-state index contributed by atoms with van der Waals surface area (Å²) >= 11 is 5.64. The van der Waals surface area contributed by atoms with Crippen molar-refractivity contribution in [3.8, 4) is 0 Å². The molecule has 0 amide bonds. The van der Waals surface area contributed by atoms with Crippen molar-refractivity contribution in [2.75, 3.05) is 13.1 Å². The monoisotopic (exact) mass is 371 g/mol. The van der Waals surface area contributed by atoms with Crippen LogP contribution in [0.15, 0.2) is 23.1 Å². The van der Waals surface area contributed by atoms with Crippen LogP contribution >= 0.6 is 11.6 Å². The smallest absolute Gasteiger partial charge is 0.417 e. The fourth-order valence-electron chi connectivity index (χ4n) is 2.52. The van der Waals surface area contributed by atoms with Gasteiger partial charge in [-0.25, -0.2) is 8.42 Å². The molecule has 1 aliphatic heterocycles. The Hall–Kier alpha value is -1.32. The lowest BCUT2D eigenvalue weighted by Crippen LogP contribution is -2.31. The molecule has 0 bridgehead atoms. The summed E-state index contributed by atoms with van der Waals surface area (Å²) in [5.74, 6) is -2.65. The molecular weight excluding hydrogens is 359 g/mol. The summed E-state index contributed by atoms with van der Waals surface area (Å²) in [5, 5.41) is 8.89. The maximum Gasteiger partial charge on any atom is 0.417 e. The number of carbonyl (C=O) groups is 1. The first kappa shape index (κ1) is 18.0. The van der Waals surface area contributed by atoms with Crippen molar-refractivity contribution in [3.05, 3.63) is 28.8 Å². The van der Waals surface area contributed by atoms with Crippen molar-refractivity contribution < 1.29 is 31.5 Å². The van der Waals surface area contributed by atoms with Gasteiger partial charge in [-0.05, 0) is 24.1 Å². The number of halogens is 4. The molecular formula is C13H13ClF3NO4S. The van der Waals surface area contributed by atoms with Gasteiger partial charge in [0.05, 0.1) is 16.4 Å². The third-order valence-corrected chi connectivity index (χ3v) is 5.87. The first-order chi connectivity index (χ1) is 10.4. The van der Waals surface area contributed by atoms with E-state index >= 15 is 0 Å². The van der Waals surface area contributed by atoms with Crippen molar-refractivity contribution in [2.24, 2.45) is 11.8 Å². The van der Waals surface area contributed by atoms with Gasteiger partial charge in [0.25, 0.3) is 0 Å². The second-order valence-electron chi connectivity index (χ2n) is 5.38. The fourth-order valence-corrected chi connectivity index (χ4v) is 4.56. The molecule has 1 fully saturated rings. The second kappa shape index (κ2) is 5.95. The van der Waals surface area contributed by atoms with E-state index in [2.05, 4.69) is 0 Å². The highest BCUT2D eigenvalue weighted by atomic mass is 35.5. The predicted octanol–water partition coefficient (Wildman–Crippen LogP) is 2.70. The highest BCUT2D eigenvalue weighted by Gasteiger charge is 2.44. The molecule has 2 atom stereocenters. The Morgan fingerprint density at radius 2 is 1.96 bits per heavy atom. The number of carboxylic acids is 1. The number of alkyl halides is 3. The van der Waals surface area contributed by atoms with Gasteiger partial charge in [-0.3, -0.25) is 4.79 Å². The van der Waals surface area contributed by atoms with Gasteiger partial charge >= 0.3 is 12.1 Å². The quantitative estimate of drug-likeness (QED) is 0.886. The molecule has 1 saturated heterocycles. The molecule has 5 nitrogen and oxygen atoms in total. The highest BCUT2D eigenvalue weighted by Crippen LogP contribution is 2.38. The van der Waals surface area contributed by atoms with E-state index in [4.69, 9.17) is 16.7 Å². The Morgan fingerprint density at radius 1 is 1.35 bits per heavy atom. The van der Waals surface area contributed by atoms with Crippen molar-refractivity contribution in [3.63, 3.8) is 0 Å². The van der Waals surface area contributed by atoms with Crippen LogP contribution in [0.25, 0.3) is 0 Å². The summed E-state index contributed by atoms with van der Waals surface area (Å²) in [6, 6.07) is 2.29. The SMILES string of the molecule is C[C@@H]1CN(S(=O)(=O)c2cc(Cl)ccc2C(F)(F)F)C[C@H]1C(=O)O. The van der Waals surface area contributed by atoms with Crippen LogP contribution in [0.5, 0.6) is 0 Å². The normalized spacial score (nSPS) is 23.2. The third-order valence-electron chi connectivity index (χ3n) is 3.76. The van der Waals surface area contributed by atoms with Crippen molar-refractivity contribution in [1.29, 1.82) is 0 Å². The number of hydrogen-bond acceptors (Lipinski definition) is 3. The molecule has 2 rings (SSSR count). The highest BCUT2D eigenvalue weighted by molar-refractivity contribution is 7.89. The van der Waals surface area contributed by atoms with E-state index in [1.807, 2.05) is 0 Å². The van der Waals surface area contributed by atoms with Gasteiger partial charge in [-0.1, -0.05) is 18.5 Å². The zero-order valence-electron chi connectivity index (χ0n) is 11.8. The van der Waals surface area contributed by atoms with Gasteiger partial charge in [0.1, 0.15) is 0 Å². The third kappa shape index (κ3) is 3.46. The minimum Gasteiger partial charge on any atom is -0.481 e. The number of aliphatic carboxylic acids is 1. The van der Waals surface area contributed by atoms with E-state index in [0.717, 1.165) is 16.4 Å². The van der Waals surface area contributed by atoms with E-state index in [1.54, 1.807) is 0 Å². The predicted molar refractivity (Wildman–Crippen MR) is 75.5 cm³/mol. The summed E-state index contributed by atoms with van der Waals surface area (Å²) < 4.78 is 65.0. The average molecular weight is 372 g/mol. The van der Waals surface area contributed by atoms with Gasteiger partial charge < -0.3 is 5.11 Å². The average Bonchev–Trinajstić information content (AvgIpc) is 2.80. The Bertz CT molecular complexity index is 735.